The van der Waals surface area contributed by atoms with Crippen molar-refractivity contribution in [2.24, 2.45) is 0 Å². The van der Waals surface area contributed by atoms with Crippen molar-refractivity contribution in [2.75, 3.05) is 13.2 Å². The molecule has 1 heterocycles. The second-order valence-electron chi connectivity index (χ2n) is 3.83. The van der Waals surface area contributed by atoms with Crippen LogP contribution in [0.2, 0.25) is 0 Å². The molecule has 0 fully saturated rings. The molecule has 0 aliphatic carbocycles. The van der Waals surface area contributed by atoms with E-state index < -0.39 is 28.7 Å². The fourth-order valence-corrected chi connectivity index (χ4v) is 1.70. The van der Waals surface area contributed by atoms with E-state index in [0.717, 1.165) is 10.8 Å². The average molecular weight is 297 g/mol. The van der Waals surface area contributed by atoms with Gasteiger partial charge in [0.05, 0.1) is 19.8 Å². The molecule has 0 amide bonds. The Morgan fingerprint density at radius 2 is 2.00 bits per heavy atom. The highest BCUT2D eigenvalue weighted by Crippen LogP contribution is 2.17. The summed E-state index contributed by atoms with van der Waals surface area (Å²) in [5, 5.41) is 9.01. The van der Waals surface area contributed by atoms with Crippen LogP contribution in [0.3, 0.4) is 0 Å². The van der Waals surface area contributed by atoms with Gasteiger partial charge in [0.15, 0.2) is 11.4 Å². The zero-order valence-electron chi connectivity index (χ0n) is 11.6. The van der Waals surface area contributed by atoms with Gasteiger partial charge in [0.2, 0.25) is 5.43 Å². The summed E-state index contributed by atoms with van der Waals surface area (Å²) in [6.45, 7) is 2.94. The number of esters is 1. The quantitative estimate of drug-likeness (QED) is 0.569. The Balaban J connectivity index is 3.66. The third-order valence-corrected chi connectivity index (χ3v) is 2.50. The number of rotatable bonds is 7. The molecule has 0 aliphatic rings. The minimum Gasteiger partial charge on any atom is -0.488 e. The second-order valence-corrected chi connectivity index (χ2v) is 3.83. The highest BCUT2D eigenvalue weighted by atomic mass is 16.5. The number of hydrogen-bond donors (Lipinski definition) is 1. The number of carboxylic acids is 1. The van der Waals surface area contributed by atoms with Crippen LogP contribution in [0, 0.1) is 0 Å². The SMILES string of the molecule is CCOC(=O)c1c(OCC)c(=O)c(C(=O)O)cn1CC=O. The predicted molar refractivity (Wildman–Crippen MR) is 70.9 cm³/mol. The van der Waals surface area contributed by atoms with Crippen LogP contribution in [0.5, 0.6) is 5.75 Å². The first-order valence-electron chi connectivity index (χ1n) is 6.22. The summed E-state index contributed by atoms with van der Waals surface area (Å²) in [6.07, 6.45) is 1.39. The Morgan fingerprint density at radius 1 is 1.33 bits per heavy atom. The van der Waals surface area contributed by atoms with Crippen molar-refractivity contribution in [3.05, 3.63) is 27.7 Å². The molecule has 0 unspecified atom stereocenters. The fourth-order valence-electron chi connectivity index (χ4n) is 1.70. The number of ether oxygens (including phenoxy) is 2. The Kier molecular flexibility index (Phi) is 5.65. The van der Waals surface area contributed by atoms with Crippen LogP contribution >= 0.6 is 0 Å². The molecule has 0 bridgehead atoms. The lowest BCUT2D eigenvalue weighted by Crippen LogP contribution is -2.27. The lowest BCUT2D eigenvalue weighted by molar-refractivity contribution is -0.108. The van der Waals surface area contributed by atoms with Crippen LogP contribution in [0.1, 0.15) is 34.7 Å². The van der Waals surface area contributed by atoms with Gasteiger partial charge in [0.1, 0.15) is 11.8 Å². The highest BCUT2D eigenvalue weighted by Gasteiger charge is 2.25. The maximum atomic E-state index is 12.1. The van der Waals surface area contributed by atoms with Gasteiger partial charge in [-0.2, -0.15) is 0 Å². The minimum atomic E-state index is -1.48. The van der Waals surface area contributed by atoms with E-state index in [1.54, 1.807) is 13.8 Å². The number of carbonyl (C=O) groups is 3. The zero-order chi connectivity index (χ0) is 16.0. The van der Waals surface area contributed by atoms with E-state index in [0.29, 0.717) is 6.29 Å². The van der Waals surface area contributed by atoms with Gasteiger partial charge in [0, 0.05) is 6.20 Å². The smallest absolute Gasteiger partial charge is 0.359 e. The minimum absolute atomic E-state index is 0.0474. The van der Waals surface area contributed by atoms with Crippen molar-refractivity contribution < 1.29 is 29.0 Å². The van der Waals surface area contributed by atoms with Gasteiger partial charge in [0.25, 0.3) is 0 Å². The van der Waals surface area contributed by atoms with Crippen LogP contribution in [-0.2, 0) is 16.1 Å². The Morgan fingerprint density at radius 3 is 2.48 bits per heavy atom. The van der Waals surface area contributed by atoms with E-state index in [9.17, 15) is 19.2 Å². The first-order chi connectivity index (χ1) is 9.97. The van der Waals surface area contributed by atoms with Crippen molar-refractivity contribution in [3.63, 3.8) is 0 Å². The third-order valence-electron chi connectivity index (χ3n) is 2.50. The van der Waals surface area contributed by atoms with Crippen LogP contribution in [0.15, 0.2) is 11.0 Å². The van der Waals surface area contributed by atoms with Gasteiger partial charge in [-0.15, -0.1) is 0 Å². The van der Waals surface area contributed by atoms with Crippen molar-refractivity contribution in [1.82, 2.24) is 4.57 Å². The molecule has 0 aliphatic heterocycles. The lowest BCUT2D eigenvalue weighted by atomic mass is 10.2. The second kappa shape index (κ2) is 7.22. The number of nitrogens with zero attached hydrogens (tertiary/aromatic N) is 1. The van der Waals surface area contributed by atoms with Crippen LogP contribution in [-0.4, -0.2) is 41.1 Å². The molecule has 114 valence electrons. The van der Waals surface area contributed by atoms with E-state index in [2.05, 4.69) is 0 Å². The summed E-state index contributed by atoms with van der Waals surface area (Å²) in [6, 6.07) is 0. The molecule has 0 aromatic carbocycles. The molecule has 0 atom stereocenters. The maximum Gasteiger partial charge on any atom is 0.359 e. The molecule has 0 saturated carbocycles. The largest absolute Gasteiger partial charge is 0.488 e. The predicted octanol–water partition coefficient (Wildman–Crippen LogP) is 0.321. The van der Waals surface area contributed by atoms with E-state index in [1.165, 1.54) is 0 Å². The van der Waals surface area contributed by atoms with Gasteiger partial charge in [-0.05, 0) is 13.8 Å². The first-order valence-corrected chi connectivity index (χ1v) is 6.22. The number of pyridine rings is 1. The van der Waals surface area contributed by atoms with Gasteiger partial charge >= 0.3 is 11.9 Å². The Bertz CT molecular complexity index is 618. The van der Waals surface area contributed by atoms with Crippen LogP contribution in [0.4, 0.5) is 0 Å². The van der Waals surface area contributed by atoms with Gasteiger partial charge in [-0.1, -0.05) is 0 Å². The van der Waals surface area contributed by atoms with E-state index in [1.807, 2.05) is 0 Å². The van der Waals surface area contributed by atoms with Gasteiger partial charge in [-0.25, -0.2) is 9.59 Å². The maximum absolute atomic E-state index is 12.1. The van der Waals surface area contributed by atoms with Gasteiger partial charge < -0.3 is 23.9 Å². The Labute approximate surface area is 119 Å². The summed E-state index contributed by atoms with van der Waals surface area (Å²) in [4.78, 5) is 45.8. The molecule has 0 spiro atoms. The number of carbonyl (C=O) groups excluding carboxylic acids is 2. The molecule has 1 rings (SSSR count). The standard InChI is InChI=1S/C13H15NO7/c1-3-20-11-9(13(19)21-4-2)14(5-6-15)7-8(10(11)16)12(17)18/h6-7H,3-5H2,1-2H3,(H,17,18). The average Bonchev–Trinajstić information content (AvgIpc) is 2.42. The summed E-state index contributed by atoms with van der Waals surface area (Å²) in [5.74, 6) is -2.77. The molecule has 0 saturated heterocycles. The normalized spacial score (nSPS) is 10.0. The summed E-state index contributed by atoms with van der Waals surface area (Å²) in [5.41, 5.74) is -1.80. The summed E-state index contributed by atoms with van der Waals surface area (Å²) in [7, 11) is 0. The number of aromatic carboxylic acids is 1. The van der Waals surface area contributed by atoms with Crippen LogP contribution in [0.25, 0.3) is 0 Å². The third kappa shape index (κ3) is 3.47. The van der Waals surface area contributed by atoms with E-state index in [-0.39, 0.29) is 25.5 Å². The number of carboxylic acid groups (broad SMARTS) is 1. The highest BCUT2D eigenvalue weighted by molar-refractivity contribution is 5.94. The zero-order valence-corrected chi connectivity index (χ0v) is 11.6. The lowest BCUT2D eigenvalue weighted by Gasteiger charge is -2.15. The van der Waals surface area contributed by atoms with E-state index >= 15 is 0 Å². The number of aromatic nitrogens is 1. The number of hydrogen-bond acceptors (Lipinski definition) is 6. The van der Waals surface area contributed by atoms with Crippen molar-refractivity contribution in [2.45, 2.75) is 20.4 Å². The van der Waals surface area contributed by atoms with Crippen LogP contribution < -0.4 is 10.2 Å². The molecule has 8 heteroatoms. The van der Waals surface area contributed by atoms with Crippen molar-refractivity contribution >= 4 is 18.2 Å². The van der Waals surface area contributed by atoms with Crippen molar-refractivity contribution in [1.29, 1.82) is 0 Å². The summed E-state index contributed by atoms with van der Waals surface area (Å²) >= 11 is 0. The molecular weight excluding hydrogens is 282 g/mol. The summed E-state index contributed by atoms with van der Waals surface area (Å²) < 4.78 is 10.9. The van der Waals surface area contributed by atoms with E-state index in [4.69, 9.17) is 14.6 Å². The van der Waals surface area contributed by atoms with Crippen molar-refractivity contribution in [3.8, 4) is 5.75 Å². The molecule has 1 N–H and O–H groups in total. The molecule has 21 heavy (non-hydrogen) atoms. The topological polar surface area (TPSA) is 112 Å². The monoisotopic (exact) mass is 297 g/mol. The molecule has 8 nitrogen and oxygen atoms in total. The molecule has 1 aromatic heterocycles. The number of aldehydes is 1. The first kappa shape index (κ1) is 16.4. The van der Waals surface area contributed by atoms with Gasteiger partial charge in [-0.3, -0.25) is 4.79 Å². The molecular formula is C13H15NO7. The molecule has 0 radical (unpaired) electrons. The fraction of sp³-hybridized carbons (Fsp3) is 0.385. The molecule has 1 aromatic rings. The Hall–Kier alpha value is -2.64.